The zero-order chi connectivity index (χ0) is 24.1. The second-order valence-corrected chi connectivity index (χ2v) is 10.4. The van der Waals surface area contributed by atoms with Gasteiger partial charge in [-0.3, -0.25) is 14.2 Å². The molecule has 0 spiro atoms. The highest BCUT2D eigenvalue weighted by atomic mass is 32.2. The van der Waals surface area contributed by atoms with E-state index in [0.717, 1.165) is 37.7 Å². The standard InChI is InChI=1S/C25H29N3O4S2/c1-3-32-24(31)21-17-11-6-4-5-7-13-19(17)34-22(21)27-20(29)14-15-33-25-26-18-12-9-8-10-16(18)23(30)28(25)2/h8-10,12H,3-7,11,13-15H2,1-2H3,(H,27,29). The number of benzene rings is 1. The summed E-state index contributed by atoms with van der Waals surface area (Å²) < 4.78 is 6.83. The molecule has 0 radical (unpaired) electrons. The number of carbonyl (C=O) groups is 2. The van der Waals surface area contributed by atoms with Crippen LogP contribution >= 0.6 is 23.1 Å². The maximum atomic E-state index is 12.8. The number of aryl methyl sites for hydroxylation is 1. The summed E-state index contributed by atoms with van der Waals surface area (Å²) in [6, 6.07) is 7.24. The van der Waals surface area contributed by atoms with Gasteiger partial charge >= 0.3 is 5.97 Å². The number of aromatic nitrogens is 2. The number of anilines is 1. The molecule has 34 heavy (non-hydrogen) atoms. The molecule has 0 bridgehead atoms. The molecule has 9 heteroatoms. The Hall–Kier alpha value is -2.65. The van der Waals surface area contributed by atoms with Gasteiger partial charge in [-0.15, -0.1) is 11.3 Å². The first-order valence-electron chi connectivity index (χ1n) is 11.7. The average molecular weight is 500 g/mol. The number of nitrogens with one attached hydrogen (secondary N) is 1. The fourth-order valence-electron chi connectivity index (χ4n) is 4.18. The third-order valence-electron chi connectivity index (χ3n) is 5.91. The maximum Gasteiger partial charge on any atom is 0.341 e. The molecule has 0 saturated carbocycles. The molecular formula is C25H29N3O4S2. The maximum absolute atomic E-state index is 12.8. The normalized spacial score (nSPS) is 13.7. The summed E-state index contributed by atoms with van der Waals surface area (Å²) in [7, 11) is 1.69. The number of thiophene rings is 1. The second-order valence-electron chi connectivity index (χ2n) is 8.26. The van der Waals surface area contributed by atoms with Gasteiger partial charge in [0.25, 0.3) is 5.56 Å². The monoisotopic (exact) mass is 499 g/mol. The molecule has 0 aliphatic heterocycles. The molecule has 180 valence electrons. The number of para-hydroxylation sites is 1. The van der Waals surface area contributed by atoms with E-state index in [1.165, 1.54) is 39.0 Å². The molecular weight excluding hydrogens is 470 g/mol. The lowest BCUT2D eigenvalue weighted by atomic mass is 9.96. The summed E-state index contributed by atoms with van der Waals surface area (Å²) in [5.41, 5.74) is 2.12. The number of carbonyl (C=O) groups excluding carboxylic acids is 2. The van der Waals surface area contributed by atoms with Crippen molar-refractivity contribution in [1.29, 1.82) is 0 Å². The van der Waals surface area contributed by atoms with Crippen LogP contribution in [-0.4, -0.2) is 33.8 Å². The number of fused-ring (bicyclic) bond motifs is 2. The van der Waals surface area contributed by atoms with E-state index in [1.807, 2.05) is 18.2 Å². The first-order chi connectivity index (χ1) is 16.5. The zero-order valence-corrected chi connectivity index (χ0v) is 21.2. The Morgan fingerprint density at radius 3 is 2.74 bits per heavy atom. The Kier molecular flexibility index (Phi) is 8.05. The van der Waals surface area contributed by atoms with Gasteiger partial charge in [-0.1, -0.05) is 36.7 Å². The molecule has 1 aliphatic carbocycles. The Balaban J connectivity index is 1.46. The molecule has 7 nitrogen and oxygen atoms in total. The van der Waals surface area contributed by atoms with Gasteiger partial charge < -0.3 is 10.1 Å². The third-order valence-corrected chi connectivity index (χ3v) is 8.15. The van der Waals surface area contributed by atoms with Crippen LogP contribution in [0, 0.1) is 0 Å². The summed E-state index contributed by atoms with van der Waals surface area (Å²) in [5, 5.41) is 4.71. The third kappa shape index (κ3) is 5.36. The molecule has 1 N–H and O–H groups in total. The number of esters is 1. The van der Waals surface area contributed by atoms with Gasteiger partial charge in [0.1, 0.15) is 5.00 Å². The highest BCUT2D eigenvalue weighted by Crippen LogP contribution is 2.37. The van der Waals surface area contributed by atoms with Gasteiger partial charge in [0.15, 0.2) is 5.16 Å². The van der Waals surface area contributed by atoms with Crippen molar-refractivity contribution in [2.45, 2.75) is 57.0 Å². The molecule has 3 aromatic rings. The van der Waals surface area contributed by atoms with Crippen molar-refractivity contribution < 1.29 is 14.3 Å². The second kappa shape index (κ2) is 11.2. The lowest BCUT2D eigenvalue weighted by Crippen LogP contribution is -2.20. The van der Waals surface area contributed by atoms with E-state index in [9.17, 15) is 14.4 Å². The Morgan fingerprint density at radius 1 is 1.18 bits per heavy atom. The van der Waals surface area contributed by atoms with Crippen LogP contribution in [0.25, 0.3) is 10.9 Å². The molecule has 1 aliphatic rings. The van der Waals surface area contributed by atoms with Crippen LogP contribution in [0.4, 0.5) is 5.00 Å². The van der Waals surface area contributed by atoms with E-state index < -0.39 is 0 Å². The zero-order valence-electron chi connectivity index (χ0n) is 19.5. The summed E-state index contributed by atoms with van der Waals surface area (Å²) in [4.78, 5) is 43.9. The van der Waals surface area contributed by atoms with E-state index in [-0.39, 0.29) is 23.9 Å². The van der Waals surface area contributed by atoms with Crippen molar-refractivity contribution >= 4 is 50.9 Å². The highest BCUT2D eigenvalue weighted by Gasteiger charge is 2.26. The molecule has 0 fully saturated rings. The van der Waals surface area contributed by atoms with E-state index in [1.54, 1.807) is 20.0 Å². The summed E-state index contributed by atoms with van der Waals surface area (Å²) >= 11 is 2.87. The fourth-order valence-corrected chi connectivity index (χ4v) is 6.38. The minimum absolute atomic E-state index is 0.104. The van der Waals surface area contributed by atoms with Gasteiger partial charge in [-0.05, 0) is 50.3 Å². The van der Waals surface area contributed by atoms with Crippen molar-refractivity contribution in [3.8, 4) is 0 Å². The summed E-state index contributed by atoms with van der Waals surface area (Å²) in [5.74, 6) is -0.0664. The van der Waals surface area contributed by atoms with Gasteiger partial charge in [-0.25, -0.2) is 9.78 Å². The number of amides is 1. The van der Waals surface area contributed by atoms with Crippen molar-refractivity contribution in [3.05, 3.63) is 50.6 Å². The van der Waals surface area contributed by atoms with Crippen LogP contribution in [0.2, 0.25) is 0 Å². The SMILES string of the molecule is CCOC(=O)c1c(NC(=O)CCSc2nc3ccccc3c(=O)n2C)sc2c1CCCCCC2. The Morgan fingerprint density at radius 2 is 1.94 bits per heavy atom. The molecule has 0 unspecified atom stereocenters. The number of rotatable bonds is 7. The quantitative estimate of drug-likeness (QED) is 0.281. The van der Waals surface area contributed by atoms with Gasteiger partial charge in [-0.2, -0.15) is 0 Å². The summed E-state index contributed by atoms with van der Waals surface area (Å²) in [6.45, 7) is 2.09. The van der Waals surface area contributed by atoms with E-state index in [0.29, 0.717) is 39.0 Å². The largest absolute Gasteiger partial charge is 0.462 e. The van der Waals surface area contributed by atoms with Gasteiger partial charge in [0, 0.05) is 24.1 Å². The van der Waals surface area contributed by atoms with Crippen LogP contribution in [0.1, 0.15) is 59.8 Å². The minimum atomic E-state index is -0.361. The molecule has 1 amide bonds. The first-order valence-corrected chi connectivity index (χ1v) is 13.5. The molecule has 4 rings (SSSR count). The average Bonchev–Trinajstić information content (AvgIpc) is 3.13. The topological polar surface area (TPSA) is 90.3 Å². The molecule has 0 atom stereocenters. The van der Waals surface area contributed by atoms with Crippen molar-refractivity contribution in [1.82, 2.24) is 9.55 Å². The van der Waals surface area contributed by atoms with Crippen molar-refractivity contribution in [3.63, 3.8) is 0 Å². The fraction of sp³-hybridized carbons (Fsp3) is 0.440. The van der Waals surface area contributed by atoms with Crippen LogP contribution in [0.5, 0.6) is 0 Å². The number of thioether (sulfide) groups is 1. The highest BCUT2D eigenvalue weighted by molar-refractivity contribution is 7.99. The summed E-state index contributed by atoms with van der Waals surface area (Å²) in [6.07, 6.45) is 6.48. The number of nitrogens with zero attached hydrogens (tertiary/aromatic N) is 2. The minimum Gasteiger partial charge on any atom is -0.462 e. The predicted molar refractivity (Wildman–Crippen MR) is 137 cm³/mol. The number of ether oxygens (including phenoxy) is 1. The molecule has 2 aromatic heterocycles. The molecule has 1 aromatic carbocycles. The molecule has 2 heterocycles. The van der Waals surface area contributed by atoms with E-state index >= 15 is 0 Å². The Bertz CT molecular complexity index is 1270. The van der Waals surface area contributed by atoms with E-state index in [4.69, 9.17) is 4.74 Å². The predicted octanol–water partition coefficient (Wildman–Crippen LogP) is 4.95. The van der Waals surface area contributed by atoms with Crippen LogP contribution in [0.3, 0.4) is 0 Å². The van der Waals surface area contributed by atoms with Crippen molar-refractivity contribution in [2.24, 2.45) is 7.05 Å². The van der Waals surface area contributed by atoms with Crippen molar-refractivity contribution in [2.75, 3.05) is 17.7 Å². The van der Waals surface area contributed by atoms with Crippen LogP contribution in [0.15, 0.2) is 34.2 Å². The Labute approximate surface area is 206 Å². The van der Waals surface area contributed by atoms with Crippen LogP contribution < -0.4 is 10.9 Å². The van der Waals surface area contributed by atoms with Gasteiger partial charge in [0.2, 0.25) is 5.91 Å². The smallest absolute Gasteiger partial charge is 0.341 e. The first kappa shape index (κ1) is 24.5. The molecule has 0 saturated heterocycles. The number of hydrogen-bond acceptors (Lipinski definition) is 7. The van der Waals surface area contributed by atoms with E-state index in [2.05, 4.69) is 10.3 Å². The number of hydrogen-bond donors (Lipinski definition) is 1. The lowest BCUT2D eigenvalue weighted by molar-refractivity contribution is -0.115. The van der Waals surface area contributed by atoms with Crippen LogP contribution in [-0.2, 0) is 29.4 Å². The van der Waals surface area contributed by atoms with Gasteiger partial charge in [0.05, 0.1) is 23.1 Å². The lowest BCUT2D eigenvalue weighted by Gasteiger charge is -2.11.